The van der Waals surface area contributed by atoms with Gasteiger partial charge < -0.3 is 4.52 Å². The number of halogens is 1. The molecule has 0 aliphatic rings. The van der Waals surface area contributed by atoms with Gasteiger partial charge >= 0.3 is 0 Å². The summed E-state index contributed by atoms with van der Waals surface area (Å²) in [6.45, 7) is 6.25. The molecule has 1 atom stereocenters. The second-order valence-corrected chi connectivity index (χ2v) is 6.23. The van der Waals surface area contributed by atoms with Crippen LogP contribution in [0.5, 0.6) is 0 Å². The van der Waals surface area contributed by atoms with Crippen molar-refractivity contribution in [2.24, 2.45) is 5.92 Å². The average molecular weight is 199 g/mol. The van der Waals surface area contributed by atoms with Crippen LogP contribution in [-0.2, 0) is 9.09 Å². The van der Waals surface area contributed by atoms with Gasteiger partial charge in [-0.2, -0.15) is 0 Å². The molecule has 0 spiro atoms. The molecule has 0 saturated heterocycles. The van der Waals surface area contributed by atoms with Gasteiger partial charge in [0.25, 0.3) is 0 Å². The fourth-order valence-electron chi connectivity index (χ4n) is 0.525. The molecule has 0 bridgehead atoms. The Morgan fingerprint density at radius 1 is 1.55 bits per heavy atom. The minimum atomic E-state index is -2.38. The lowest BCUT2D eigenvalue weighted by molar-refractivity contribution is 0.274. The first-order valence-corrected chi connectivity index (χ1v) is 6.54. The van der Waals surface area contributed by atoms with Gasteiger partial charge in [-0.15, -0.1) is 11.6 Å². The van der Waals surface area contributed by atoms with Crippen molar-refractivity contribution in [1.29, 1.82) is 0 Å². The van der Waals surface area contributed by atoms with Gasteiger partial charge in [-0.25, -0.2) is 0 Å². The van der Waals surface area contributed by atoms with Crippen molar-refractivity contribution in [1.82, 2.24) is 0 Å². The van der Waals surface area contributed by atoms with Crippen LogP contribution in [0.1, 0.15) is 13.8 Å². The molecule has 11 heavy (non-hydrogen) atoms. The van der Waals surface area contributed by atoms with Gasteiger partial charge in [0, 0.05) is 18.7 Å². The van der Waals surface area contributed by atoms with Gasteiger partial charge in [-0.3, -0.25) is 4.57 Å². The lowest BCUT2D eigenvalue weighted by Crippen LogP contribution is -2.02. The van der Waals surface area contributed by atoms with Gasteiger partial charge in [0.1, 0.15) is 0 Å². The van der Waals surface area contributed by atoms with Crippen LogP contribution in [0.15, 0.2) is 0 Å². The van der Waals surface area contributed by atoms with E-state index in [1.807, 2.05) is 13.8 Å². The van der Waals surface area contributed by atoms with Crippen LogP contribution < -0.4 is 0 Å². The second kappa shape index (κ2) is 5.18. The molecule has 1 unspecified atom stereocenters. The van der Waals surface area contributed by atoms with E-state index < -0.39 is 7.37 Å². The Morgan fingerprint density at radius 2 is 2.09 bits per heavy atom. The molecule has 68 valence electrons. The average Bonchev–Trinajstić information content (AvgIpc) is 1.84. The topological polar surface area (TPSA) is 26.3 Å². The van der Waals surface area contributed by atoms with Crippen LogP contribution in [0.3, 0.4) is 0 Å². The zero-order valence-electron chi connectivity index (χ0n) is 7.34. The maximum Gasteiger partial charge on any atom is 0.201 e. The Kier molecular flexibility index (Phi) is 5.41. The predicted octanol–water partition coefficient (Wildman–Crippen LogP) is 2.81. The minimum absolute atomic E-state index is 0.409. The van der Waals surface area contributed by atoms with Gasteiger partial charge in [0.05, 0.1) is 6.61 Å². The first-order valence-electron chi connectivity index (χ1n) is 3.75. The minimum Gasteiger partial charge on any atom is -0.328 e. The van der Waals surface area contributed by atoms with E-state index in [2.05, 4.69) is 0 Å². The molecule has 0 radical (unpaired) electrons. The van der Waals surface area contributed by atoms with Crippen LogP contribution in [0.2, 0.25) is 0 Å². The van der Waals surface area contributed by atoms with E-state index in [1.54, 1.807) is 6.66 Å². The van der Waals surface area contributed by atoms with Gasteiger partial charge in [-0.05, 0) is 5.92 Å². The molecule has 0 amide bonds. The van der Waals surface area contributed by atoms with Crippen LogP contribution in [0, 0.1) is 5.92 Å². The SMILES string of the molecule is CC(C)COP(C)(=O)CCCl. The summed E-state index contributed by atoms with van der Waals surface area (Å²) >= 11 is 5.45. The molecule has 0 aromatic carbocycles. The van der Waals surface area contributed by atoms with E-state index in [-0.39, 0.29) is 0 Å². The molecule has 0 aliphatic carbocycles. The van der Waals surface area contributed by atoms with E-state index in [1.165, 1.54) is 0 Å². The normalized spacial score (nSPS) is 16.8. The summed E-state index contributed by atoms with van der Waals surface area (Å²) in [4.78, 5) is 0. The summed E-state index contributed by atoms with van der Waals surface area (Å²) < 4.78 is 16.6. The predicted molar refractivity (Wildman–Crippen MR) is 49.9 cm³/mol. The quantitative estimate of drug-likeness (QED) is 0.502. The summed E-state index contributed by atoms with van der Waals surface area (Å²) in [6.07, 6.45) is 0.473. The Hall–Kier alpha value is 0.480. The monoisotopic (exact) mass is 198 g/mol. The van der Waals surface area contributed by atoms with Crippen LogP contribution >= 0.6 is 19.0 Å². The van der Waals surface area contributed by atoms with Gasteiger partial charge in [0.2, 0.25) is 7.37 Å². The number of hydrogen-bond acceptors (Lipinski definition) is 2. The van der Waals surface area contributed by atoms with Crippen molar-refractivity contribution in [2.45, 2.75) is 13.8 Å². The highest BCUT2D eigenvalue weighted by Gasteiger charge is 2.14. The van der Waals surface area contributed by atoms with E-state index >= 15 is 0 Å². The Balaban J connectivity index is 3.64. The van der Waals surface area contributed by atoms with Crippen molar-refractivity contribution in [3.05, 3.63) is 0 Å². The first-order chi connectivity index (χ1) is 4.98. The van der Waals surface area contributed by atoms with Crippen molar-refractivity contribution >= 4 is 19.0 Å². The summed E-state index contributed by atoms with van der Waals surface area (Å²) in [7, 11) is -2.38. The van der Waals surface area contributed by atoms with E-state index in [0.717, 1.165) is 0 Å². The van der Waals surface area contributed by atoms with Crippen LogP contribution in [0.25, 0.3) is 0 Å². The summed E-state index contributed by atoms with van der Waals surface area (Å²) in [5.74, 6) is 0.838. The fraction of sp³-hybridized carbons (Fsp3) is 1.00. The van der Waals surface area contributed by atoms with E-state index in [4.69, 9.17) is 16.1 Å². The lowest BCUT2D eigenvalue weighted by Gasteiger charge is -2.13. The first kappa shape index (κ1) is 11.5. The molecular weight excluding hydrogens is 183 g/mol. The Bertz CT molecular complexity index is 147. The van der Waals surface area contributed by atoms with E-state index in [9.17, 15) is 4.57 Å². The second-order valence-electron chi connectivity index (χ2n) is 3.12. The Morgan fingerprint density at radius 3 is 2.45 bits per heavy atom. The molecule has 0 N–H and O–H groups in total. The smallest absolute Gasteiger partial charge is 0.201 e. The zero-order valence-corrected chi connectivity index (χ0v) is 8.99. The molecule has 0 aliphatic heterocycles. The highest BCUT2D eigenvalue weighted by molar-refractivity contribution is 7.58. The standard InChI is InChI=1S/C7H16ClO2P/c1-7(2)6-10-11(3,9)5-4-8/h7H,4-6H2,1-3H3. The molecule has 2 nitrogen and oxygen atoms in total. The maximum absolute atomic E-state index is 11.4. The number of rotatable bonds is 5. The van der Waals surface area contributed by atoms with Crippen molar-refractivity contribution < 1.29 is 9.09 Å². The summed E-state index contributed by atoms with van der Waals surface area (Å²) in [6, 6.07) is 0. The lowest BCUT2D eigenvalue weighted by atomic mass is 10.2. The van der Waals surface area contributed by atoms with Crippen molar-refractivity contribution in [3.63, 3.8) is 0 Å². The van der Waals surface area contributed by atoms with Gasteiger partial charge in [0.15, 0.2) is 0 Å². The number of alkyl halides is 1. The van der Waals surface area contributed by atoms with Crippen molar-refractivity contribution in [2.75, 3.05) is 25.3 Å². The third-order valence-electron chi connectivity index (χ3n) is 1.17. The van der Waals surface area contributed by atoms with Crippen LogP contribution in [-0.4, -0.2) is 25.3 Å². The largest absolute Gasteiger partial charge is 0.328 e. The third kappa shape index (κ3) is 6.86. The van der Waals surface area contributed by atoms with Crippen molar-refractivity contribution in [3.8, 4) is 0 Å². The summed E-state index contributed by atoms with van der Waals surface area (Å²) in [5.41, 5.74) is 0. The molecule has 0 saturated carbocycles. The molecule has 0 aromatic rings. The number of hydrogen-bond donors (Lipinski definition) is 0. The van der Waals surface area contributed by atoms with Gasteiger partial charge in [-0.1, -0.05) is 13.8 Å². The van der Waals surface area contributed by atoms with Crippen LogP contribution in [0.4, 0.5) is 0 Å². The zero-order chi connectivity index (χ0) is 8.91. The highest BCUT2D eigenvalue weighted by atomic mass is 35.5. The molecule has 0 fully saturated rings. The molecule has 0 heterocycles. The molecular formula is C7H16ClO2P. The van der Waals surface area contributed by atoms with E-state index in [0.29, 0.717) is 24.6 Å². The molecule has 0 aromatic heterocycles. The Labute approximate surface area is 73.7 Å². The molecule has 4 heteroatoms. The fourth-order valence-corrected chi connectivity index (χ4v) is 2.50. The summed E-state index contributed by atoms with van der Waals surface area (Å²) in [5, 5.41) is 0. The maximum atomic E-state index is 11.4. The highest BCUT2D eigenvalue weighted by Crippen LogP contribution is 2.42. The third-order valence-corrected chi connectivity index (χ3v) is 3.36. The molecule has 0 rings (SSSR count).